The Hall–Kier alpha value is -1.34. The second-order valence-electron chi connectivity index (χ2n) is 5.15. The number of pyridine rings is 1. The van der Waals surface area contributed by atoms with Crippen molar-refractivity contribution in [2.45, 2.75) is 24.7 Å². The fraction of sp³-hybridized carbons (Fsp3) is 0.583. The van der Waals surface area contributed by atoms with Crippen LogP contribution < -0.4 is 10.2 Å². The zero-order valence-corrected chi connectivity index (χ0v) is 10.3. The highest BCUT2D eigenvalue weighted by Gasteiger charge is 2.49. The number of hydrogen-bond donors (Lipinski definition) is 2. The molecule has 2 aliphatic heterocycles. The van der Waals surface area contributed by atoms with Crippen molar-refractivity contribution in [1.82, 2.24) is 10.3 Å². The number of anilines is 1. The summed E-state index contributed by atoms with van der Waals surface area (Å²) >= 11 is 0. The van der Waals surface area contributed by atoms with E-state index in [4.69, 9.17) is 0 Å². The van der Waals surface area contributed by atoms with Gasteiger partial charge in [-0.25, -0.2) is 4.98 Å². The Bertz CT molecular complexity index is 515. The summed E-state index contributed by atoms with van der Waals surface area (Å²) in [6.07, 6.45) is -3.61. The second kappa shape index (κ2) is 3.83. The van der Waals surface area contributed by atoms with Crippen LogP contribution in [0.25, 0.3) is 0 Å². The van der Waals surface area contributed by atoms with Crippen molar-refractivity contribution in [3.8, 4) is 0 Å². The SMILES string of the molecule is CC1(O)c2cc(C(F)(F)F)cnc2N2CCNCC21. The molecule has 2 N–H and O–H groups in total. The Balaban J connectivity index is 2.11. The van der Waals surface area contributed by atoms with Crippen LogP contribution >= 0.6 is 0 Å². The summed E-state index contributed by atoms with van der Waals surface area (Å²) < 4.78 is 38.2. The summed E-state index contributed by atoms with van der Waals surface area (Å²) in [5, 5.41) is 13.7. The van der Waals surface area contributed by atoms with Gasteiger partial charge in [0.05, 0.1) is 11.6 Å². The molecule has 0 spiro atoms. The molecule has 0 amide bonds. The predicted molar refractivity (Wildman–Crippen MR) is 62.8 cm³/mol. The quantitative estimate of drug-likeness (QED) is 0.743. The van der Waals surface area contributed by atoms with Gasteiger partial charge in [-0.1, -0.05) is 0 Å². The number of nitrogens with one attached hydrogen (secondary N) is 1. The summed E-state index contributed by atoms with van der Waals surface area (Å²) in [4.78, 5) is 5.80. The first-order valence-corrected chi connectivity index (χ1v) is 6.09. The largest absolute Gasteiger partial charge is 0.417 e. The van der Waals surface area contributed by atoms with Crippen LogP contribution in [0, 0.1) is 0 Å². The number of hydrogen-bond acceptors (Lipinski definition) is 4. The van der Waals surface area contributed by atoms with E-state index >= 15 is 0 Å². The van der Waals surface area contributed by atoms with Crippen molar-refractivity contribution in [3.63, 3.8) is 0 Å². The number of piperazine rings is 1. The van der Waals surface area contributed by atoms with E-state index in [0.29, 0.717) is 18.9 Å². The molecule has 4 nitrogen and oxygen atoms in total. The van der Waals surface area contributed by atoms with Crippen molar-refractivity contribution in [2.75, 3.05) is 24.5 Å². The molecule has 0 bridgehead atoms. The fourth-order valence-corrected chi connectivity index (χ4v) is 2.85. The molecule has 1 fully saturated rings. The second-order valence-corrected chi connectivity index (χ2v) is 5.15. The maximum absolute atomic E-state index is 12.7. The third-order valence-corrected chi connectivity index (χ3v) is 3.90. The van der Waals surface area contributed by atoms with Gasteiger partial charge in [0.25, 0.3) is 0 Å². The molecule has 19 heavy (non-hydrogen) atoms. The predicted octanol–water partition coefficient (Wildman–Crippen LogP) is 1.10. The van der Waals surface area contributed by atoms with Gasteiger partial charge in [-0.2, -0.15) is 13.2 Å². The van der Waals surface area contributed by atoms with Gasteiger partial charge in [0.1, 0.15) is 11.4 Å². The van der Waals surface area contributed by atoms with Gasteiger partial charge in [-0.3, -0.25) is 0 Å². The molecule has 1 aromatic heterocycles. The molecule has 0 saturated carbocycles. The van der Waals surface area contributed by atoms with Gasteiger partial charge in [0.2, 0.25) is 0 Å². The van der Waals surface area contributed by atoms with Gasteiger partial charge < -0.3 is 15.3 Å². The molecule has 1 aromatic rings. The third kappa shape index (κ3) is 1.80. The summed E-state index contributed by atoms with van der Waals surface area (Å²) in [6.45, 7) is 3.44. The lowest BCUT2D eigenvalue weighted by molar-refractivity contribution is -0.137. The van der Waals surface area contributed by atoms with E-state index in [2.05, 4.69) is 10.3 Å². The maximum Gasteiger partial charge on any atom is 0.417 e. The van der Waals surface area contributed by atoms with Crippen LogP contribution in [0.3, 0.4) is 0 Å². The van der Waals surface area contributed by atoms with Crippen molar-refractivity contribution < 1.29 is 18.3 Å². The molecule has 104 valence electrons. The van der Waals surface area contributed by atoms with Gasteiger partial charge in [0.15, 0.2) is 0 Å². The molecule has 3 rings (SSSR count). The van der Waals surface area contributed by atoms with Crippen LogP contribution in [0.5, 0.6) is 0 Å². The van der Waals surface area contributed by atoms with Crippen LogP contribution in [0.15, 0.2) is 12.3 Å². The van der Waals surface area contributed by atoms with Gasteiger partial charge in [0, 0.05) is 31.4 Å². The molecule has 1 saturated heterocycles. The topological polar surface area (TPSA) is 48.4 Å². The number of fused-ring (bicyclic) bond motifs is 3. The highest BCUT2D eigenvalue weighted by molar-refractivity contribution is 5.59. The number of rotatable bonds is 0. The van der Waals surface area contributed by atoms with Gasteiger partial charge >= 0.3 is 6.18 Å². The smallest absolute Gasteiger partial charge is 0.383 e. The van der Waals surface area contributed by atoms with E-state index in [1.165, 1.54) is 0 Å². The van der Waals surface area contributed by atoms with Crippen molar-refractivity contribution in [1.29, 1.82) is 0 Å². The van der Waals surface area contributed by atoms with Crippen LogP contribution in [-0.4, -0.2) is 35.8 Å². The summed E-state index contributed by atoms with van der Waals surface area (Å²) in [5.74, 6) is 0.463. The number of alkyl halides is 3. The molecule has 0 aliphatic carbocycles. The maximum atomic E-state index is 12.7. The number of halogens is 3. The zero-order chi connectivity index (χ0) is 13.8. The Kier molecular flexibility index (Phi) is 2.56. The van der Waals surface area contributed by atoms with Gasteiger partial charge in [-0.15, -0.1) is 0 Å². The summed E-state index contributed by atoms with van der Waals surface area (Å²) in [5.41, 5.74) is -1.88. The van der Waals surface area contributed by atoms with E-state index in [1.54, 1.807) is 6.92 Å². The average molecular weight is 273 g/mol. The highest BCUT2D eigenvalue weighted by Crippen LogP contribution is 2.44. The van der Waals surface area contributed by atoms with E-state index in [1.807, 2.05) is 4.90 Å². The summed E-state index contributed by atoms with van der Waals surface area (Å²) in [6, 6.07) is 0.743. The fourth-order valence-electron chi connectivity index (χ4n) is 2.85. The highest BCUT2D eigenvalue weighted by atomic mass is 19.4. The Labute approximate surface area is 108 Å². The van der Waals surface area contributed by atoms with Crippen LogP contribution in [0.2, 0.25) is 0 Å². The number of nitrogens with zero attached hydrogens (tertiary/aromatic N) is 2. The normalized spacial score (nSPS) is 30.2. The van der Waals surface area contributed by atoms with Crippen molar-refractivity contribution >= 4 is 5.82 Å². The third-order valence-electron chi connectivity index (χ3n) is 3.90. The molecule has 7 heteroatoms. The minimum absolute atomic E-state index is 0.260. The number of aliphatic hydroxyl groups is 1. The Morgan fingerprint density at radius 2 is 2.26 bits per heavy atom. The zero-order valence-electron chi connectivity index (χ0n) is 10.3. The monoisotopic (exact) mass is 273 g/mol. The average Bonchev–Trinajstić information content (AvgIpc) is 2.58. The Morgan fingerprint density at radius 1 is 1.53 bits per heavy atom. The Morgan fingerprint density at radius 3 is 2.95 bits per heavy atom. The molecule has 0 radical (unpaired) electrons. The lowest BCUT2D eigenvalue weighted by Gasteiger charge is -2.36. The van der Waals surface area contributed by atoms with Crippen LogP contribution in [0.4, 0.5) is 19.0 Å². The molecule has 2 atom stereocenters. The lowest BCUT2D eigenvalue weighted by Crippen LogP contribution is -2.55. The first kappa shape index (κ1) is 12.7. The molecule has 3 heterocycles. The summed E-state index contributed by atoms with van der Waals surface area (Å²) in [7, 11) is 0. The molecule has 2 unspecified atom stereocenters. The van der Waals surface area contributed by atoms with Crippen LogP contribution in [0.1, 0.15) is 18.1 Å². The minimum atomic E-state index is -4.44. The first-order chi connectivity index (χ1) is 8.82. The minimum Gasteiger partial charge on any atom is -0.383 e. The van der Waals surface area contributed by atoms with E-state index in [-0.39, 0.29) is 11.6 Å². The molecule has 2 aliphatic rings. The standard InChI is InChI=1S/C12H14F3N3O/c1-11(19)8-4-7(12(13,14)15)5-17-10(8)18-3-2-16-6-9(11)18/h4-5,9,16,19H,2-3,6H2,1H3. The number of aromatic nitrogens is 1. The molecular weight excluding hydrogens is 259 g/mol. The van der Waals surface area contributed by atoms with Gasteiger partial charge in [-0.05, 0) is 13.0 Å². The van der Waals surface area contributed by atoms with E-state index in [0.717, 1.165) is 18.8 Å². The molecular formula is C12H14F3N3O. The molecule has 0 aromatic carbocycles. The lowest BCUT2D eigenvalue weighted by atomic mass is 9.91. The van der Waals surface area contributed by atoms with Crippen molar-refractivity contribution in [2.24, 2.45) is 0 Å². The van der Waals surface area contributed by atoms with Crippen molar-refractivity contribution in [3.05, 3.63) is 23.4 Å². The van der Waals surface area contributed by atoms with E-state index < -0.39 is 17.3 Å². The van der Waals surface area contributed by atoms with E-state index in [9.17, 15) is 18.3 Å². The van der Waals surface area contributed by atoms with Crippen LogP contribution in [-0.2, 0) is 11.8 Å². The first-order valence-electron chi connectivity index (χ1n) is 6.09.